The lowest BCUT2D eigenvalue weighted by atomic mass is 9.98. The second kappa shape index (κ2) is 8.13. The van der Waals surface area contributed by atoms with Crippen molar-refractivity contribution in [2.24, 2.45) is 0 Å². The van der Waals surface area contributed by atoms with Gasteiger partial charge >= 0.3 is 0 Å². The van der Waals surface area contributed by atoms with E-state index in [-0.39, 0.29) is 11.9 Å². The number of nitrogens with zero attached hydrogens (tertiary/aromatic N) is 2. The summed E-state index contributed by atoms with van der Waals surface area (Å²) < 4.78 is 16.7. The van der Waals surface area contributed by atoms with Crippen molar-refractivity contribution in [1.29, 1.82) is 0 Å². The average molecular weight is 372 g/mol. The topological polar surface area (TPSA) is 64.8 Å². The first-order chi connectivity index (χ1) is 12.9. The molecule has 0 spiro atoms. The molecule has 0 aliphatic carbocycles. The van der Waals surface area contributed by atoms with Crippen LogP contribution in [0.25, 0.3) is 0 Å². The number of rotatable bonds is 6. The van der Waals surface area contributed by atoms with Gasteiger partial charge in [0.05, 0.1) is 13.3 Å². The van der Waals surface area contributed by atoms with Gasteiger partial charge in [0.2, 0.25) is 5.89 Å². The van der Waals surface area contributed by atoms with Crippen molar-refractivity contribution in [2.45, 2.75) is 51.2 Å². The lowest BCUT2D eigenvalue weighted by Crippen LogP contribution is -2.49. The molecule has 27 heavy (non-hydrogen) atoms. The molecule has 2 heterocycles. The summed E-state index contributed by atoms with van der Waals surface area (Å²) in [6.07, 6.45) is 5.28. The lowest BCUT2D eigenvalue weighted by Gasteiger charge is -2.38. The fourth-order valence-corrected chi connectivity index (χ4v) is 3.41. The number of amides is 1. The van der Waals surface area contributed by atoms with Crippen LogP contribution in [0.4, 0.5) is 0 Å². The molecule has 6 heteroatoms. The predicted octanol–water partition coefficient (Wildman–Crippen LogP) is 3.75. The van der Waals surface area contributed by atoms with Gasteiger partial charge in [0.1, 0.15) is 23.2 Å². The van der Waals surface area contributed by atoms with Crippen molar-refractivity contribution in [3.05, 3.63) is 47.7 Å². The van der Waals surface area contributed by atoms with Crippen molar-refractivity contribution in [3.63, 3.8) is 0 Å². The summed E-state index contributed by atoms with van der Waals surface area (Å²) in [5.74, 6) is 2.18. The Labute approximate surface area is 160 Å². The van der Waals surface area contributed by atoms with Crippen molar-refractivity contribution in [2.75, 3.05) is 20.8 Å². The number of oxazole rings is 1. The third kappa shape index (κ3) is 4.33. The van der Waals surface area contributed by atoms with E-state index in [2.05, 4.69) is 4.98 Å². The van der Waals surface area contributed by atoms with Gasteiger partial charge in [0, 0.05) is 20.1 Å². The molecule has 1 fully saturated rings. The molecule has 1 aromatic heterocycles. The SMILES string of the molecule is COc1cccc(Cc2cnc([C@@H]3CCCCN3C(=O)C(C)(C)OC)o2)c1. The molecule has 0 unspecified atom stereocenters. The molecule has 0 bridgehead atoms. The van der Waals surface area contributed by atoms with Crippen molar-refractivity contribution in [1.82, 2.24) is 9.88 Å². The number of aromatic nitrogens is 1. The summed E-state index contributed by atoms with van der Waals surface area (Å²) in [6, 6.07) is 7.75. The first kappa shape index (κ1) is 19.4. The summed E-state index contributed by atoms with van der Waals surface area (Å²) >= 11 is 0. The molecule has 1 saturated heterocycles. The summed E-state index contributed by atoms with van der Waals surface area (Å²) in [4.78, 5) is 19.3. The van der Waals surface area contributed by atoms with Crippen LogP contribution >= 0.6 is 0 Å². The smallest absolute Gasteiger partial charge is 0.254 e. The van der Waals surface area contributed by atoms with Gasteiger partial charge in [-0.1, -0.05) is 12.1 Å². The molecule has 6 nitrogen and oxygen atoms in total. The Kier molecular flexibility index (Phi) is 5.85. The number of carbonyl (C=O) groups is 1. The fourth-order valence-electron chi connectivity index (χ4n) is 3.41. The molecule has 1 amide bonds. The van der Waals surface area contributed by atoms with Crippen LogP contribution in [0, 0.1) is 0 Å². The Balaban J connectivity index is 1.78. The Hall–Kier alpha value is -2.34. The number of methoxy groups -OCH3 is 2. The van der Waals surface area contributed by atoms with Crippen molar-refractivity contribution < 1.29 is 18.7 Å². The van der Waals surface area contributed by atoms with Crippen LogP contribution in [0.2, 0.25) is 0 Å². The minimum atomic E-state index is -0.856. The third-order valence-electron chi connectivity index (χ3n) is 5.16. The van der Waals surface area contributed by atoms with Crippen molar-refractivity contribution in [3.8, 4) is 5.75 Å². The summed E-state index contributed by atoms with van der Waals surface area (Å²) in [5, 5.41) is 0. The molecule has 1 atom stereocenters. The molecule has 2 aromatic rings. The lowest BCUT2D eigenvalue weighted by molar-refractivity contribution is -0.155. The van der Waals surface area contributed by atoms with Gasteiger partial charge in [-0.15, -0.1) is 0 Å². The van der Waals surface area contributed by atoms with Crippen LogP contribution in [0.5, 0.6) is 5.75 Å². The Morgan fingerprint density at radius 3 is 2.89 bits per heavy atom. The largest absolute Gasteiger partial charge is 0.497 e. The summed E-state index contributed by atoms with van der Waals surface area (Å²) in [6.45, 7) is 4.29. The van der Waals surface area contributed by atoms with Gasteiger partial charge < -0.3 is 18.8 Å². The molecule has 1 aliphatic heterocycles. The summed E-state index contributed by atoms with van der Waals surface area (Å²) in [7, 11) is 3.22. The van der Waals surface area contributed by atoms with Crippen LogP contribution in [-0.4, -0.2) is 42.2 Å². The van der Waals surface area contributed by atoms with E-state index in [1.54, 1.807) is 34.3 Å². The molecule has 0 saturated carbocycles. The predicted molar refractivity (Wildman–Crippen MR) is 102 cm³/mol. The normalized spacial score (nSPS) is 17.8. The van der Waals surface area contributed by atoms with E-state index in [0.717, 1.165) is 36.3 Å². The Morgan fingerprint density at radius 1 is 1.33 bits per heavy atom. The highest BCUT2D eigenvalue weighted by Gasteiger charge is 2.38. The zero-order chi connectivity index (χ0) is 19.4. The zero-order valence-corrected chi connectivity index (χ0v) is 16.5. The molecule has 146 valence electrons. The number of likely N-dealkylation sites (tertiary alicyclic amines) is 1. The van der Waals surface area contributed by atoms with Crippen LogP contribution in [0.3, 0.4) is 0 Å². The van der Waals surface area contributed by atoms with Crippen molar-refractivity contribution >= 4 is 5.91 Å². The summed E-state index contributed by atoms with van der Waals surface area (Å²) in [5.41, 5.74) is 0.236. The number of piperidine rings is 1. The standard InChI is InChI=1S/C21H28N2O4/c1-21(2,26-4)20(24)23-11-6-5-10-18(23)19-22-14-17(27-19)13-15-8-7-9-16(12-15)25-3/h7-9,12,14,18H,5-6,10-11,13H2,1-4H3/t18-/m0/s1. The van der Waals surface area contributed by atoms with Crippen LogP contribution in [0.15, 0.2) is 34.9 Å². The van der Waals surface area contributed by atoms with E-state index in [1.165, 1.54) is 0 Å². The number of benzene rings is 1. The monoisotopic (exact) mass is 372 g/mol. The second-order valence-electron chi connectivity index (χ2n) is 7.42. The Morgan fingerprint density at radius 2 is 2.15 bits per heavy atom. The van der Waals surface area contributed by atoms with Crippen LogP contribution < -0.4 is 4.74 Å². The van der Waals surface area contributed by atoms with Gasteiger partial charge in [-0.05, 0) is 50.8 Å². The first-order valence-electron chi connectivity index (χ1n) is 9.38. The molecule has 1 aromatic carbocycles. The molecule has 0 radical (unpaired) electrons. The maximum Gasteiger partial charge on any atom is 0.254 e. The molecule has 3 rings (SSSR count). The molecule has 1 aliphatic rings. The van der Waals surface area contributed by atoms with E-state index in [0.29, 0.717) is 18.9 Å². The molecular weight excluding hydrogens is 344 g/mol. The third-order valence-corrected chi connectivity index (χ3v) is 5.16. The van der Waals surface area contributed by atoms with Gasteiger partial charge in [0.25, 0.3) is 5.91 Å². The number of ether oxygens (including phenoxy) is 2. The van der Waals surface area contributed by atoms with Gasteiger partial charge in [-0.3, -0.25) is 4.79 Å². The van der Waals surface area contributed by atoms with Crippen LogP contribution in [-0.2, 0) is 16.0 Å². The van der Waals surface area contributed by atoms with Gasteiger partial charge in [0.15, 0.2) is 0 Å². The van der Waals surface area contributed by atoms with E-state index in [9.17, 15) is 4.79 Å². The van der Waals surface area contributed by atoms with E-state index in [4.69, 9.17) is 13.9 Å². The highest BCUT2D eigenvalue weighted by molar-refractivity contribution is 5.84. The molecular formula is C21H28N2O4. The maximum absolute atomic E-state index is 12.9. The highest BCUT2D eigenvalue weighted by Crippen LogP contribution is 2.33. The van der Waals surface area contributed by atoms with Gasteiger partial charge in [-0.2, -0.15) is 0 Å². The minimum absolute atomic E-state index is 0.0257. The fraction of sp³-hybridized carbons (Fsp3) is 0.524. The maximum atomic E-state index is 12.9. The van der Waals surface area contributed by atoms with E-state index >= 15 is 0 Å². The van der Waals surface area contributed by atoms with E-state index in [1.807, 2.05) is 29.2 Å². The average Bonchev–Trinajstić information content (AvgIpc) is 3.15. The second-order valence-corrected chi connectivity index (χ2v) is 7.42. The Bertz CT molecular complexity index is 784. The number of hydrogen-bond donors (Lipinski definition) is 0. The molecule has 0 N–H and O–H groups in total. The highest BCUT2D eigenvalue weighted by atomic mass is 16.5. The zero-order valence-electron chi connectivity index (χ0n) is 16.5. The van der Waals surface area contributed by atoms with Gasteiger partial charge in [-0.25, -0.2) is 4.98 Å². The van der Waals surface area contributed by atoms with E-state index < -0.39 is 5.60 Å². The van der Waals surface area contributed by atoms with Crippen LogP contribution in [0.1, 0.15) is 56.4 Å². The quantitative estimate of drug-likeness (QED) is 0.773. The number of carbonyl (C=O) groups excluding carboxylic acids is 1. The first-order valence-corrected chi connectivity index (χ1v) is 9.38. The minimum Gasteiger partial charge on any atom is -0.497 e. The number of hydrogen-bond acceptors (Lipinski definition) is 5.